The summed E-state index contributed by atoms with van der Waals surface area (Å²) in [6, 6.07) is 3.78. The molecule has 0 aliphatic heterocycles. The Kier molecular flexibility index (Phi) is 5.46. The zero-order valence-corrected chi connectivity index (χ0v) is 13.8. The normalized spacial score (nSPS) is 17.7. The molecule has 6 heteroatoms. The maximum Gasteiger partial charge on any atom is 0.325 e. The first-order valence-corrected chi connectivity index (χ1v) is 8.59. The van der Waals surface area contributed by atoms with Crippen molar-refractivity contribution in [3.05, 3.63) is 22.8 Å². The van der Waals surface area contributed by atoms with Crippen molar-refractivity contribution < 1.29 is 9.90 Å². The summed E-state index contributed by atoms with van der Waals surface area (Å²) in [5, 5.41) is 13.8. The Labute approximate surface area is 131 Å². The van der Waals surface area contributed by atoms with E-state index in [2.05, 4.69) is 33.2 Å². The van der Waals surface area contributed by atoms with Gasteiger partial charge in [-0.25, -0.2) is 4.98 Å². The first-order valence-electron chi connectivity index (χ1n) is 6.82. The third-order valence-electron chi connectivity index (χ3n) is 3.51. The standard InChI is InChI=1S/C14H19BrN2O2S/c1-2-7-17-14(13(18)19,10-5-6-10)9-20-12-11(15)4-3-8-16-12/h3-4,8,10,17H,2,5-7,9H2,1H3,(H,18,19). The summed E-state index contributed by atoms with van der Waals surface area (Å²) in [5.74, 6) is -0.00246. The molecule has 1 aliphatic rings. The highest BCUT2D eigenvalue weighted by molar-refractivity contribution is 9.10. The minimum Gasteiger partial charge on any atom is -0.480 e. The van der Waals surface area contributed by atoms with E-state index in [9.17, 15) is 9.90 Å². The minimum absolute atomic E-state index is 0.238. The fourth-order valence-corrected chi connectivity index (χ4v) is 3.97. The number of nitrogens with zero attached hydrogens (tertiary/aromatic N) is 1. The summed E-state index contributed by atoms with van der Waals surface area (Å²) >= 11 is 4.95. The molecule has 0 amide bonds. The molecule has 0 bridgehead atoms. The molecule has 1 aromatic heterocycles. The van der Waals surface area contributed by atoms with Crippen LogP contribution in [0.15, 0.2) is 27.8 Å². The molecule has 2 N–H and O–H groups in total. The van der Waals surface area contributed by atoms with Crippen LogP contribution in [-0.2, 0) is 4.79 Å². The van der Waals surface area contributed by atoms with E-state index in [1.807, 2.05) is 12.1 Å². The molecule has 0 radical (unpaired) electrons. The smallest absolute Gasteiger partial charge is 0.325 e. The Morgan fingerprint density at radius 3 is 2.95 bits per heavy atom. The van der Waals surface area contributed by atoms with Crippen molar-refractivity contribution in [1.82, 2.24) is 10.3 Å². The van der Waals surface area contributed by atoms with Gasteiger partial charge in [0.2, 0.25) is 0 Å². The van der Waals surface area contributed by atoms with Gasteiger partial charge in [0, 0.05) is 16.4 Å². The van der Waals surface area contributed by atoms with Crippen LogP contribution in [0.4, 0.5) is 0 Å². The first-order chi connectivity index (χ1) is 9.60. The number of pyridine rings is 1. The topological polar surface area (TPSA) is 62.2 Å². The van der Waals surface area contributed by atoms with E-state index >= 15 is 0 Å². The summed E-state index contributed by atoms with van der Waals surface area (Å²) in [6.45, 7) is 2.78. The van der Waals surface area contributed by atoms with Gasteiger partial charge in [-0.2, -0.15) is 0 Å². The van der Waals surface area contributed by atoms with E-state index < -0.39 is 11.5 Å². The van der Waals surface area contributed by atoms with Gasteiger partial charge in [0.25, 0.3) is 0 Å². The highest BCUT2D eigenvalue weighted by Gasteiger charge is 2.50. The average molecular weight is 359 g/mol. The number of nitrogens with one attached hydrogen (secondary N) is 1. The molecule has 0 saturated heterocycles. The second-order valence-corrected chi connectivity index (χ2v) is 6.87. The van der Waals surface area contributed by atoms with Gasteiger partial charge in [-0.3, -0.25) is 4.79 Å². The number of hydrogen-bond acceptors (Lipinski definition) is 4. The lowest BCUT2D eigenvalue weighted by atomic mass is 9.95. The van der Waals surface area contributed by atoms with Gasteiger partial charge in [-0.1, -0.05) is 6.92 Å². The molecule has 0 aromatic carbocycles. The Morgan fingerprint density at radius 2 is 2.40 bits per heavy atom. The number of aromatic nitrogens is 1. The van der Waals surface area contributed by atoms with Crippen LogP contribution in [0.25, 0.3) is 0 Å². The zero-order chi connectivity index (χ0) is 14.6. The summed E-state index contributed by atoms with van der Waals surface area (Å²) in [7, 11) is 0. The second-order valence-electron chi connectivity index (χ2n) is 5.06. The van der Waals surface area contributed by atoms with Crippen LogP contribution in [0.3, 0.4) is 0 Å². The van der Waals surface area contributed by atoms with Crippen LogP contribution >= 0.6 is 27.7 Å². The fourth-order valence-electron chi connectivity index (χ4n) is 2.21. The second kappa shape index (κ2) is 6.91. The Hall–Kier alpha value is -0.590. The molecule has 20 heavy (non-hydrogen) atoms. The molecule has 1 heterocycles. The maximum absolute atomic E-state index is 11.8. The van der Waals surface area contributed by atoms with Crippen LogP contribution in [0, 0.1) is 5.92 Å². The maximum atomic E-state index is 11.8. The molecule has 1 aliphatic carbocycles. The molecular weight excluding hydrogens is 340 g/mol. The van der Waals surface area contributed by atoms with Crippen LogP contribution in [-0.4, -0.2) is 33.9 Å². The molecule has 1 unspecified atom stereocenters. The van der Waals surface area contributed by atoms with E-state index in [4.69, 9.17) is 0 Å². The Balaban J connectivity index is 2.11. The van der Waals surface area contributed by atoms with Crippen LogP contribution in [0.1, 0.15) is 26.2 Å². The lowest BCUT2D eigenvalue weighted by Gasteiger charge is -2.30. The van der Waals surface area contributed by atoms with Crippen molar-refractivity contribution in [3.8, 4) is 0 Å². The lowest BCUT2D eigenvalue weighted by molar-refractivity contribution is -0.144. The molecule has 1 fully saturated rings. The monoisotopic (exact) mass is 358 g/mol. The van der Waals surface area contributed by atoms with Crippen molar-refractivity contribution in [2.24, 2.45) is 5.92 Å². The SMILES string of the molecule is CCCNC(CSc1ncccc1Br)(C(=O)O)C1CC1. The third-order valence-corrected chi connectivity index (χ3v) is 5.61. The summed E-state index contributed by atoms with van der Waals surface area (Å²) < 4.78 is 0.913. The number of carboxylic acids is 1. The van der Waals surface area contributed by atoms with Crippen molar-refractivity contribution in [3.63, 3.8) is 0 Å². The van der Waals surface area contributed by atoms with Crippen molar-refractivity contribution in [1.29, 1.82) is 0 Å². The largest absolute Gasteiger partial charge is 0.480 e. The summed E-state index contributed by atoms with van der Waals surface area (Å²) in [5.41, 5.74) is -0.822. The van der Waals surface area contributed by atoms with E-state index in [-0.39, 0.29) is 5.92 Å². The van der Waals surface area contributed by atoms with E-state index in [1.54, 1.807) is 6.20 Å². The van der Waals surface area contributed by atoms with Crippen LogP contribution in [0.2, 0.25) is 0 Å². The minimum atomic E-state index is -0.822. The number of halogens is 1. The molecule has 0 spiro atoms. The van der Waals surface area contributed by atoms with Gasteiger partial charge in [0.15, 0.2) is 0 Å². The van der Waals surface area contributed by atoms with Crippen molar-refractivity contribution in [2.45, 2.75) is 36.8 Å². The first kappa shape index (κ1) is 15.8. The number of carbonyl (C=O) groups is 1. The molecule has 1 atom stereocenters. The number of hydrogen-bond donors (Lipinski definition) is 2. The van der Waals surface area contributed by atoms with Gasteiger partial charge in [-0.05, 0) is 59.8 Å². The molecular formula is C14H19BrN2O2S. The fraction of sp³-hybridized carbons (Fsp3) is 0.571. The quantitative estimate of drug-likeness (QED) is 0.698. The highest BCUT2D eigenvalue weighted by Crippen LogP contribution is 2.43. The van der Waals surface area contributed by atoms with Crippen LogP contribution in [0.5, 0.6) is 0 Å². The van der Waals surface area contributed by atoms with E-state index in [0.29, 0.717) is 5.75 Å². The molecule has 1 aromatic rings. The number of rotatable bonds is 8. The van der Waals surface area contributed by atoms with Gasteiger partial charge < -0.3 is 10.4 Å². The predicted molar refractivity (Wildman–Crippen MR) is 84.0 cm³/mol. The summed E-state index contributed by atoms with van der Waals surface area (Å²) in [4.78, 5) is 16.1. The lowest BCUT2D eigenvalue weighted by Crippen LogP contribution is -2.56. The van der Waals surface area contributed by atoms with Crippen LogP contribution < -0.4 is 5.32 Å². The Bertz CT molecular complexity index is 482. The number of aliphatic carboxylic acids is 1. The van der Waals surface area contributed by atoms with Crippen molar-refractivity contribution >= 4 is 33.7 Å². The van der Waals surface area contributed by atoms with Gasteiger partial charge >= 0.3 is 5.97 Å². The summed E-state index contributed by atoms with van der Waals surface area (Å²) in [6.07, 6.45) is 4.64. The van der Waals surface area contributed by atoms with Crippen molar-refractivity contribution in [2.75, 3.05) is 12.3 Å². The Morgan fingerprint density at radius 1 is 1.65 bits per heavy atom. The highest BCUT2D eigenvalue weighted by atomic mass is 79.9. The molecule has 110 valence electrons. The van der Waals surface area contributed by atoms with E-state index in [0.717, 1.165) is 35.3 Å². The molecule has 4 nitrogen and oxygen atoms in total. The van der Waals surface area contributed by atoms with Gasteiger partial charge in [0.05, 0.1) is 0 Å². The van der Waals surface area contributed by atoms with E-state index in [1.165, 1.54) is 11.8 Å². The average Bonchev–Trinajstić information content (AvgIpc) is 3.25. The number of carboxylic acid groups (broad SMARTS) is 1. The third kappa shape index (κ3) is 3.54. The molecule has 2 rings (SSSR count). The number of thioether (sulfide) groups is 1. The van der Waals surface area contributed by atoms with Gasteiger partial charge in [-0.15, -0.1) is 11.8 Å². The van der Waals surface area contributed by atoms with Gasteiger partial charge in [0.1, 0.15) is 10.6 Å². The molecule has 1 saturated carbocycles. The zero-order valence-electron chi connectivity index (χ0n) is 11.4. The predicted octanol–water partition coefficient (Wildman–Crippen LogP) is 3.17.